The molecule has 0 amide bonds. The second kappa shape index (κ2) is 8.80. The van der Waals surface area contributed by atoms with E-state index in [9.17, 15) is 8.42 Å². The van der Waals surface area contributed by atoms with Crippen LogP contribution in [0.25, 0.3) is 22.0 Å². The number of hydrogen-bond donors (Lipinski definition) is 0. The summed E-state index contributed by atoms with van der Waals surface area (Å²) in [4.78, 5) is 11.2. The van der Waals surface area contributed by atoms with Gasteiger partial charge in [0.15, 0.2) is 0 Å². The third-order valence-electron chi connectivity index (χ3n) is 5.96. The minimum Gasteiger partial charge on any atom is -0.497 e. The number of aromatic nitrogens is 2. The van der Waals surface area contributed by atoms with Gasteiger partial charge in [-0.2, -0.15) is 4.31 Å². The van der Waals surface area contributed by atoms with Crippen molar-refractivity contribution in [3.8, 4) is 17.0 Å². The number of hydrogen-bond acceptors (Lipinski definition) is 6. The Kier molecular flexibility index (Phi) is 5.70. The molecule has 0 aliphatic carbocycles. The van der Waals surface area contributed by atoms with Gasteiger partial charge in [0.1, 0.15) is 17.9 Å². The van der Waals surface area contributed by atoms with Crippen molar-refractivity contribution in [2.24, 2.45) is 0 Å². The van der Waals surface area contributed by atoms with Crippen LogP contribution in [0.4, 0.5) is 5.82 Å². The predicted molar refractivity (Wildman–Crippen MR) is 129 cm³/mol. The van der Waals surface area contributed by atoms with E-state index in [2.05, 4.69) is 14.9 Å². The number of ether oxygens (including phenoxy) is 1. The summed E-state index contributed by atoms with van der Waals surface area (Å²) in [5.74, 6) is 1.58. The van der Waals surface area contributed by atoms with E-state index < -0.39 is 10.0 Å². The molecule has 8 heteroatoms. The van der Waals surface area contributed by atoms with Gasteiger partial charge in [-0.25, -0.2) is 18.4 Å². The van der Waals surface area contributed by atoms with Gasteiger partial charge in [0.05, 0.1) is 17.7 Å². The van der Waals surface area contributed by atoms with Crippen LogP contribution in [-0.2, 0) is 10.0 Å². The van der Waals surface area contributed by atoms with Crippen LogP contribution in [0.2, 0.25) is 0 Å². The summed E-state index contributed by atoms with van der Waals surface area (Å²) in [6, 6.07) is 22.7. The molecule has 33 heavy (non-hydrogen) atoms. The van der Waals surface area contributed by atoms with E-state index in [1.165, 1.54) is 0 Å². The standard InChI is InChI=1S/C25H24N4O3S/c1-32-22-9-6-20(7-10-22)24-17-25(27-18-26-24)28-12-14-29(15-13-28)33(30,31)23-11-8-19-4-2-3-5-21(19)16-23/h2-11,16-18H,12-15H2,1H3. The van der Waals surface area contributed by atoms with E-state index in [0.717, 1.165) is 33.6 Å². The van der Waals surface area contributed by atoms with Gasteiger partial charge in [-0.3, -0.25) is 0 Å². The second-order valence-electron chi connectivity index (χ2n) is 7.89. The summed E-state index contributed by atoms with van der Waals surface area (Å²) in [5.41, 5.74) is 1.78. The summed E-state index contributed by atoms with van der Waals surface area (Å²) in [6.45, 7) is 1.92. The lowest BCUT2D eigenvalue weighted by Crippen LogP contribution is -2.48. The van der Waals surface area contributed by atoms with Gasteiger partial charge in [-0.05, 0) is 47.2 Å². The average Bonchev–Trinajstić information content (AvgIpc) is 2.88. The number of methoxy groups -OCH3 is 1. The molecule has 1 aromatic heterocycles. The van der Waals surface area contributed by atoms with Crippen molar-refractivity contribution in [2.75, 3.05) is 38.2 Å². The lowest BCUT2D eigenvalue weighted by Gasteiger charge is -2.34. The van der Waals surface area contributed by atoms with Gasteiger partial charge >= 0.3 is 0 Å². The zero-order chi connectivity index (χ0) is 22.8. The number of anilines is 1. The Labute approximate surface area is 193 Å². The summed E-state index contributed by atoms with van der Waals surface area (Å²) in [7, 11) is -1.92. The molecule has 7 nitrogen and oxygen atoms in total. The van der Waals surface area contributed by atoms with Crippen molar-refractivity contribution < 1.29 is 13.2 Å². The first-order chi connectivity index (χ1) is 16.0. The molecule has 0 radical (unpaired) electrons. The molecule has 0 bridgehead atoms. The number of nitrogens with zero attached hydrogens (tertiary/aromatic N) is 4. The monoisotopic (exact) mass is 460 g/mol. The topological polar surface area (TPSA) is 75.6 Å². The van der Waals surface area contributed by atoms with Crippen molar-refractivity contribution in [2.45, 2.75) is 4.90 Å². The lowest BCUT2D eigenvalue weighted by atomic mass is 10.1. The van der Waals surface area contributed by atoms with Crippen molar-refractivity contribution in [3.63, 3.8) is 0 Å². The quantitative estimate of drug-likeness (QED) is 0.451. The predicted octanol–water partition coefficient (Wildman–Crippen LogP) is 3.82. The first kappa shape index (κ1) is 21.4. The van der Waals surface area contributed by atoms with Crippen molar-refractivity contribution in [1.82, 2.24) is 14.3 Å². The molecule has 5 rings (SSSR count). The highest BCUT2D eigenvalue weighted by Gasteiger charge is 2.29. The van der Waals surface area contributed by atoms with Gasteiger partial charge in [-0.1, -0.05) is 30.3 Å². The molecule has 0 N–H and O–H groups in total. The third-order valence-corrected chi connectivity index (χ3v) is 7.85. The number of rotatable bonds is 5. The van der Waals surface area contributed by atoms with Crippen molar-refractivity contribution in [3.05, 3.63) is 79.1 Å². The maximum Gasteiger partial charge on any atom is 0.243 e. The maximum absolute atomic E-state index is 13.2. The van der Waals surface area contributed by atoms with Crippen LogP contribution < -0.4 is 9.64 Å². The molecular formula is C25H24N4O3S. The van der Waals surface area contributed by atoms with E-state index >= 15 is 0 Å². The summed E-state index contributed by atoms with van der Waals surface area (Å²) < 4.78 is 33.2. The number of sulfonamides is 1. The molecule has 1 saturated heterocycles. The van der Waals surface area contributed by atoms with Crippen LogP contribution in [-0.4, -0.2) is 56.0 Å². The molecule has 0 spiro atoms. The van der Waals surface area contributed by atoms with Crippen LogP contribution in [0.1, 0.15) is 0 Å². The highest BCUT2D eigenvalue weighted by Crippen LogP contribution is 2.26. The SMILES string of the molecule is COc1ccc(-c2cc(N3CCN(S(=O)(=O)c4ccc5ccccc5c4)CC3)ncn2)cc1. The van der Waals surface area contributed by atoms with Crippen LogP contribution >= 0.6 is 0 Å². The molecule has 0 unspecified atom stereocenters. The van der Waals surface area contributed by atoms with Crippen LogP contribution in [0.15, 0.2) is 84.0 Å². The Morgan fingerprint density at radius 2 is 1.55 bits per heavy atom. The van der Waals surface area contributed by atoms with E-state index in [1.807, 2.05) is 60.7 Å². The molecule has 168 valence electrons. The largest absolute Gasteiger partial charge is 0.497 e. The fourth-order valence-corrected chi connectivity index (χ4v) is 5.53. The van der Waals surface area contributed by atoms with Gasteiger partial charge in [-0.15, -0.1) is 0 Å². The lowest BCUT2D eigenvalue weighted by molar-refractivity contribution is 0.384. The number of benzene rings is 3. The van der Waals surface area contributed by atoms with Crippen molar-refractivity contribution in [1.29, 1.82) is 0 Å². The van der Waals surface area contributed by atoms with Crippen LogP contribution in [0.5, 0.6) is 5.75 Å². The van der Waals surface area contributed by atoms with E-state index in [1.54, 1.807) is 29.9 Å². The fraction of sp³-hybridized carbons (Fsp3) is 0.200. The smallest absolute Gasteiger partial charge is 0.243 e. The molecule has 1 aliphatic heterocycles. The van der Waals surface area contributed by atoms with E-state index in [0.29, 0.717) is 31.1 Å². The highest BCUT2D eigenvalue weighted by molar-refractivity contribution is 7.89. The minimum absolute atomic E-state index is 0.332. The van der Waals surface area contributed by atoms with Crippen molar-refractivity contribution >= 4 is 26.6 Å². The van der Waals surface area contributed by atoms with E-state index in [-0.39, 0.29) is 0 Å². The Morgan fingerprint density at radius 3 is 2.27 bits per heavy atom. The van der Waals surface area contributed by atoms with Gasteiger partial charge in [0, 0.05) is 37.8 Å². The Bertz CT molecular complexity index is 1380. The van der Waals surface area contributed by atoms with Crippen LogP contribution in [0, 0.1) is 0 Å². The zero-order valence-corrected chi connectivity index (χ0v) is 19.1. The third kappa shape index (κ3) is 4.27. The van der Waals surface area contributed by atoms with Crippen LogP contribution in [0.3, 0.4) is 0 Å². The summed E-state index contributed by atoms with van der Waals surface area (Å²) in [6.07, 6.45) is 1.55. The summed E-state index contributed by atoms with van der Waals surface area (Å²) >= 11 is 0. The molecule has 4 aromatic rings. The normalized spacial score (nSPS) is 15.0. The molecule has 3 aromatic carbocycles. The first-order valence-corrected chi connectivity index (χ1v) is 12.2. The Balaban J connectivity index is 1.31. The molecule has 0 saturated carbocycles. The second-order valence-corrected chi connectivity index (χ2v) is 9.83. The number of fused-ring (bicyclic) bond motifs is 1. The molecular weight excluding hydrogens is 436 g/mol. The first-order valence-electron chi connectivity index (χ1n) is 10.7. The van der Waals surface area contributed by atoms with Gasteiger partial charge < -0.3 is 9.64 Å². The maximum atomic E-state index is 13.2. The zero-order valence-electron chi connectivity index (χ0n) is 18.3. The Morgan fingerprint density at radius 1 is 0.818 bits per heavy atom. The van der Waals surface area contributed by atoms with E-state index in [4.69, 9.17) is 4.74 Å². The minimum atomic E-state index is -3.55. The molecule has 0 atom stereocenters. The fourth-order valence-electron chi connectivity index (χ4n) is 4.07. The average molecular weight is 461 g/mol. The summed E-state index contributed by atoms with van der Waals surface area (Å²) in [5, 5.41) is 1.95. The molecule has 1 fully saturated rings. The van der Waals surface area contributed by atoms with Gasteiger partial charge in [0.25, 0.3) is 0 Å². The Hall–Kier alpha value is -3.49. The molecule has 1 aliphatic rings. The highest BCUT2D eigenvalue weighted by atomic mass is 32.2. The molecule has 2 heterocycles. The van der Waals surface area contributed by atoms with Gasteiger partial charge in [0.2, 0.25) is 10.0 Å². The number of piperazine rings is 1.